The average molecular weight is 384 g/mol. The number of nitrogens with one attached hydrogen (secondary N) is 1. The number of aromatic amines is 1. The molecule has 1 heterocycles. The molecule has 0 saturated carbocycles. The monoisotopic (exact) mass is 384 g/mol. The van der Waals surface area contributed by atoms with Crippen molar-refractivity contribution in [3.05, 3.63) is 52.8 Å². The van der Waals surface area contributed by atoms with Gasteiger partial charge in [-0.1, -0.05) is 12.1 Å². The van der Waals surface area contributed by atoms with Crippen LogP contribution in [0.4, 0.5) is 0 Å². The number of nitrogens with zero attached hydrogens (tertiary/aromatic N) is 3. The number of methoxy groups -OCH3 is 2. The standard InChI is InChI=1S/C19H20N4O3S/c1-4-26-15-7-5-6-14(11-15)18-21-22-19(27)23(18)20-12-13-8-9-16(24-2)17(10-13)25-3/h5-12H,4H2,1-3H3,(H,22,27). The summed E-state index contributed by atoms with van der Waals surface area (Å²) in [7, 11) is 3.19. The molecule has 3 rings (SSSR count). The van der Waals surface area contributed by atoms with Gasteiger partial charge in [0.15, 0.2) is 17.3 Å². The Morgan fingerprint density at radius 2 is 1.96 bits per heavy atom. The van der Waals surface area contributed by atoms with Crippen LogP contribution in [-0.4, -0.2) is 41.9 Å². The van der Waals surface area contributed by atoms with Crippen LogP contribution in [0.1, 0.15) is 12.5 Å². The lowest BCUT2D eigenvalue weighted by Gasteiger charge is -2.07. The third-order valence-corrected chi connectivity index (χ3v) is 4.05. The molecule has 2 aromatic carbocycles. The molecule has 7 nitrogen and oxygen atoms in total. The lowest BCUT2D eigenvalue weighted by atomic mass is 10.2. The number of benzene rings is 2. The molecular weight excluding hydrogens is 364 g/mol. The Labute approximate surface area is 162 Å². The highest BCUT2D eigenvalue weighted by molar-refractivity contribution is 7.71. The predicted molar refractivity (Wildman–Crippen MR) is 107 cm³/mol. The van der Waals surface area contributed by atoms with Gasteiger partial charge in [0.1, 0.15) is 5.75 Å². The quantitative estimate of drug-likeness (QED) is 0.494. The zero-order chi connectivity index (χ0) is 19.2. The smallest absolute Gasteiger partial charge is 0.216 e. The normalized spacial score (nSPS) is 10.9. The van der Waals surface area contributed by atoms with Crippen LogP contribution in [0.2, 0.25) is 0 Å². The van der Waals surface area contributed by atoms with Gasteiger partial charge in [-0.05, 0) is 55.0 Å². The fraction of sp³-hybridized carbons (Fsp3) is 0.211. The summed E-state index contributed by atoms with van der Waals surface area (Å²) >= 11 is 5.32. The number of hydrogen-bond acceptors (Lipinski definition) is 6. The Morgan fingerprint density at radius 3 is 2.70 bits per heavy atom. The number of rotatable bonds is 7. The van der Waals surface area contributed by atoms with Crippen molar-refractivity contribution in [1.29, 1.82) is 0 Å². The first-order valence-corrected chi connectivity index (χ1v) is 8.74. The van der Waals surface area contributed by atoms with Crippen molar-refractivity contribution >= 4 is 18.4 Å². The number of aromatic nitrogens is 3. The third kappa shape index (κ3) is 4.17. The molecule has 27 heavy (non-hydrogen) atoms. The molecule has 0 fully saturated rings. The Kier molecular flexibility index (Phi) is 5.87. The summed E-state index contributed by atoms with van der Waals surface area (Å²) in [5.41, 5.74) is 1.68. The molecule has 0 aliphatic rings. The van der Waals surface area contributed by atoms with Crippen LogP contribution in [0, 0.1) is 4.77 Å². The largest absolute Gasteiger partial charge is 0.494 e. The highest BCUT2D eigenvalue weighted by Crippen LogP contribution is 2.27. The van der Waals surface area contributed by atoms with E-state index in [4.69, 9.17) is 26.4 Å². The maximum Gasteiger partial charge on any atom is 0.216 e. The molecule has 0 spiro atoms. The summed E-state index contributed by atoms with van der Waals surface area (Å²) in [4.78, 5) is 0. The molecule has 0 aliphatic carbocycles. The number of hydrogen-bond donors (Lipinski definition) is 1. The summed E-state index contributed by atoms with van der Waals surface area (Å²) in [5.74, 6) is 2.64. The lowest BCUT2D eigenvalue weighted by Crippen LogP contribution is -1.97. The third-order valence-electron chi connectivity index (χ3n) is 3.78. The van der Waals surface area contributed by atoms with Crippen molar-refractivity contribution in [2.24, 2.45) is 5.10 Å². The number of ether oxygens (including phenoxy) is 3. The van der Waals surface area contributed by atoms with Crippen LogP contribution < -0.4 is 14.2 Å². The SMILES string of the molecule is CCOc1cccc(-c2n[nH]c(=S)n2N=Cc2ccc(OC)c(OC)c2)c1. The maximum atomic E-state index is 5.55. The van der Waals surface area contributed by atoms with Crippen LogP contribution in [-0.2, 0) is 0 Å². The summed E-state index contributed by atoms with van der Waals surface area (Å²) < 4.78 is 18.1. The van der Waals surface area contributed by atoms with Crippen molar-refractivity contribution in [1.82, 2.24) is 14.9 Å². The van der Waals surface area contributed by atoms with Crippen LogP contribution in [0.3, 0.4) is 0 Å². The van der Waals surface area contributed by atoms with Crippen molar-refractivity contribution in [2.45, 2.75) is 6.92 Å². The van der Waals surface area contributed by atoms with E-state index in [9.17, 15) is 0 Å². The second-order valence-corrected chi connectivity index (χ2v) is 5.87. The molecule has 3 aromatic rings. The molecule has 1 aromatic heterocycles. The van der Waals surface area contributed by atoms with Gasteiger partial charge in [0.25, 0.3) is 0 Å². The van der Waals surface area contributed by atoms with E-state index >= 15 is 0 Å². The van der Waals surface area contributed by atoms with Gasteiger partial charge >= 0.3 is 0 Å². The summed E-state index contributed by atoms with van der Waals surface area (Å²) in [6.07, 6.45) is 1.68. The minimum atomic E-state index is 0.392. The number of H-pyrrole nitrogens is 1. The summed E-state index contributed by atoms with van der Waals surface area (Å²) in [6.45, 7) is 2.53. The second-order valence-electron chi connectivity index (χ2n) is 5.48. The van der Waals surface area contributed by atoms with E-state index in [0.29, 0.717) is 28.7 Å². The summed E-state index contributed by atoms with van der Waals surface area (Å²) in [5, 5.41) is 11.5. The van der Waals surface area contributed by atoms with Gasteiger partial charge in [-0.25, -0.2) is 5.10 Å². The van der Waals surface area contributed by atoms with E-state index in [-0.39, 0.29) is 0 Å². The Balaban J connectivity index is 1.95. The van der Waals surface area contributed by atoms with Crippen LogP contribution >= 0.6 is 12.2 Å². The van der Waals surface area contributed by atoms with Crippen molar-refractivity contribution < 1.29 is 14.2 Å². The first kappa shape index (κ1) is 18.7. The highest BCUT2D eigenvalue weighted by atomic mass is 32.1. The van der Waals surface area contributed by atoms with E-state index in [1.54, 1.807) is 25.1 Å². The van der Waals surface area contributed by atoms with Crippen LogP contribution in [0.15, 0.2) is 47.6 Å². The van der Waals surface area contributed by atoms with E-state index in [1.165, 1.54) is 0 Å². The van der Waals surface area contributed by atoms with E-state index in [1.807, 2.05) is 49.4 Å². The molecule has 0 unspecified atom stereocenters. The molecule has 0 radical (unpaired) electrons. The average Bonchev–Trinajstić information content (AvgIpc) is 3.07. The predicted octanol–water partition coefficient (Wildman–Crippen LogP) is 3.91. The van der Waals surface area contributed by atoms with Gasteiger partial charge in [0.05, 0.1) is 27.0 Å². The van der Waals surface area contributed by atoms with Crippen LogP contribution in [0.5, 0.6) is 17.2 Å². The first-order chi connectivity index (χ1) is 13.2. The maximum absolute atomic E-state index is 5.55. The van der Waals surface area contributed by atoms with Gasteiger partial charge in [-0.3, -0.25) is 0 Å². The molecular formula is C19H20N4O3S. The van der Waals surface area contributed by atoms with Gasteiger partial charge in [-0.15, -0.1) is 0 Å². The van der Waals surface area contributed by atoms with Gasteiger partial charge in [-0.2, -0.15) is 14.9 Å². The van der Waals surface area contributed by atoms with Crippen molar-refractivity contribution in [2.75, 3.05) is 20.8 Å². The minimum Gasteiger partial charge on any atom is -0.494 e. The van der Waals surface area contributed by atoms with Crippen molar-refractivity contribution in [3.8, 4) is 28.6 Å². The highest BCUT2D eigenvalue weighted by Gasteiger charge is 2.09. The topological polar surface area (TPSA) is 73.7 Å². The summed E-state index contributed by atoms with van der Waals surface area (Å²) in [6, 6.07) is 13.2. The van der Waals surface area contributed by atoms with Gasteiger partial charge < -0.3 is 14.2 Å². The Hall–Kier alpha value is -3.13. The molecule has 0 bridgehead atoms. The molecule has 1 N–H and O–H groups in total. The lowest BCUT2D eigenvalue weighted by molar-refractivity contribution is 0.340. The Morgan fingerprint density at radius 1 is 1.15 bits per heavy atom. The zero-order valence-electron chi connectivity index (χ0n) is 15.3. The molecule has 140 valence electrons. The van der Waals surface area contributed by atoms with E-state index < -0.39 is 0 Å². The fourth-order valence-corrected chi connectivity index (χ4v) is 2.71. The van der Waals surface area contributed by atoms with E-state index in [2.05, 4.69) is 15.3 Å². The second kappa shape index (κ2) is 8.50. The van der Waals surface area contributed by atoms with Gasteiger partial charge in [0.2, 0.25) is 4.77 Å². The molecule has 0 saturated heterocycles. The van der Waals surface area contributed by atoms with E-state index in [0.717, 1.165) is 16.9 Å². The first-order valence-electron chi connectivity index (χ1n) is 8.33. The molecule has 0 amide bonds. The molecule has 0 aliphatic heterocycles. The molecule has 0 atom stereocenters. The van der Waals surface area contributed by atoms with Crippen molar-refractivity contribution in [3.63, 3.8) is 0 Å². The zero-order valence-corrected chi connectivity index (χ0v) is 16.1. The minimum absolute atomic E-state index is 0.392. The molecule has 8 heteroatoms. The Bertz CT molecular complexity index is 1010. The fourth-order valence-electron chi connectivity index (χ4n) is 2.53. The van der Waals surface area contributed by atoms with Crippen LogP contribution in [0.25, 0.3) is 11.4 Å². The van der Waals surface area contributed by atoms with Gasteiger partial charge in [0, 0.05) is 5.56 Å².